The SMILES string of the molecule is CC(=O)Nc1ccc(NC(=O)C(C)OC(=O)c2cc([N+](=O)[O-])ccc2Cl)cc1. The number of nitrogens with zero attached hydrogens (tertiary/aromatic N) is 1. The van der Waals surface area contributed by atoms with Crippen LogP contribution in [0.5, 0.6) is 0 Å². The Labute approximate surface area is 164 Å². The number of nitro benzene ring substituents is 1. The van der Waals surface area contributed by atoms with Gasteiger partial charge >= 0.3 is 5.97 Å². The van der Waals surface area contributed by atoms with Gasteiger partial charge in [-0.3, -0.25) is 19.7 Å². The number of hydrogen-bond donors (Lipinski definition) is 2. The molecule has 0 fully saturated rings. The van der Waals surface area contributed by atoms with E-state index in [0.29, 0.717) is 11.4 Å². The molecule has 10 heteroatoms. The van der Waals surface area contributed by atoms with Crippen molar-refractivity contribution < 1.29 is 24.0 Å². The summed E-state index contributed by atoms with van der Waals surface area (Å²) in [5.41, 5.74) is 0.448. The van der Waals surface area contributed by atoms with Crippen LogP contribution in [0.1, 0.15) is 24.2 Å². The van der Waals surface area contributed by atoms with Gasteiger partial charge in [0.25, 0.3) is 11.6 Å². The summed E-state index contributed by atoms with van der Waals surface area (Å²) in [5, 5.41) is 15.9. The number of esters is 1. The number of rotatable bonds is 6. The zero-order chi connectivity index (χ0) is 20.8. The van der Waals surface area contributed by atoms with Crippen molar-refractivity contribution in [3.63, 3.8) is 0 Å². The molecule has 0 spiro atoms. The Morgan fingerprint density at radius 2 is 1.64 bits per heavy atom. The smallest absolute Gasteiger partial charge is 0.340 e. The Bertz CT molecular complexity index is 929. The van der Waals surface area contributed by atoms with E-state index in [2.05, 4.69) is 10.6 Å². The van der Waals surface area contributed by atoms with Gasteiger partial charge < -0.3 is 15.4 Å². The van der Waals surface area contributed by atoms with E-state index in [-0.39, 0.29) is 22.2 Å². The Morgan fingerprint density at radius 3 is 2.18 bits per heavy atom. The number of non-ortho nitro benzene ring substituents is 1. The molecule has 0 aliphatic carbocycles. The van der Waals surface area contributed by atoms with E-state index < -0.39 is 22.9 Å². The van der Waals surface area contributed by atoms with E-state index in [1.54, 1.807) is 24.3 Å². The summed E-state index contributed by atoms with van der Waals surface area (Å²) < 4.78 is 5.05. The molecular weight excluding hydrogens is 390 g/mol. The molecular formula is C18H16ClN3O6. The van der Waals surface area contributed by atoms with Crippen molar-refractivity contribution in [2.24, 2.45) is 0 Å². The van der Waals surface area contributed by atoms with Crippen LogP contribution in [0.3, 0.4) is 0 Å². The van der Waals surface area contributed by atoms with E-state index in [1.807, 2.05) is 0 Å². The van der Waals surface area contributed by atoms with Crippen LogP contribution in [0, 0.1) is 10.1 Å². The third-order valence-electron chi connectivity index (χ3n) is 3.51. The van der Waals surface area contributed by atoms with Gasteiger partial charge in [-0.2, -0.15) is 0 Å². The number of nitrogens with one attached hydrogen (secondary N) is 2. The first-order chi connectivity index (χ1) is 13.2. The van der Waals surface area contributed by atoms with Crippen molar-refractivity contribution in [1.29, 1.82) is 0 Å². The third-order valence-corrected chi connectivity index (χ3v) is 3.84. The molecule has 0 radical (unpaired) electrons. The minimum absolute atomic E-state index is 0.0308. The third kappa shape index (κ3) is 5.52. The molecule has 0 saturated heterocycles. The molecule has 2 rings (SSSR count). The summed E-state index contributed by atoms with van der Waals surface area (Å²) in [7, 11) is 0. The standard InChI is InChI=1S/C18H16ClN3O6/c1-10(17(24)21-13-5-3-12(4-6-13)20-11(2)23)28-18(25)15-9-14(22(26)27)7-8-16(15)19/h3-10H,1-2H3,(H,20,23)(H,21,24). The molecule has 2 amide bonds. The lowest BCUT2D eigenvalue weighted by Gasteiger charge is -2.14. The zero-order valence-corrected chi connectivity index (χ0v) is 15.6. The van der Waals surface area contributed by atoms with E-state index in [4.69, 9.17) is 16.3 Å². The van der Waals surface area contributed by atoms with Gasteiger partial charge in [0.05, 0.1) is 15.5 Å². The summed E-state index contributed by atoms with van der Waals surface area (Å²) in [6.07, 6.45) is -1.18. The van der Waals surface area contributed by atoms with Crippen LogP contribution in [0.4, 0.5) is 17.1 Å². The lowest BCUT2D eigenvalue weighted by Crippen LogP contribution is -2.30. The van der Waals surface area contributed by atoms with Gasteiger partial charge in [-0.25, -0.2) is 4.79 Å². The van der Waals surface area contributed by atoms with E-state index in [0.717, 1.165) is 12.1 Å². The number of benzene rings is 2. The summed E-state index contributed by atoms with van der Waals surface area (Å²) in [5.74, 6) is -1.79. The van der Waals surface area contributed by atoms with Crippen LogP contribution in [0.2, 0.25) is 5.02 Å². The van der Waals surface area contributed by atoms with Crippen molar-refractivity contribution in [1.82, 2.24) is 0 Å². The number of hydrogen-bond acceptors (Lipinski definition) is 6. The van der Waals surface area contributed by atoms with E-state index in [9.17, 15) is 24.5 Å². The molecule has 0 aromatic heterocycles. The molecule has 0 saturated carbocycles. The van der Waals surface area contributed by atoms with Gasteiger partial charge in [0.2, 0.25) is 5.91 Å². The molecule has 0 bridgehead atoms. The number of amides is 2. The molecule has 1 unspecified atom stereocenters. The molecule has 146 valence electrons. The summed E-state index contributed by atoms with van der Waals surface area (Å²) in [6.45, 7) is 2.73. The summed E-state index contributed by atoms with van der Waals surface area (Å²) >= 11 is 5.89. The Hall–Kier alpha value is -3.46. The first kappa shape index (κ1) is 20.8. The molecule has 2 aromatic rings. The highest BCUT2D eigenvalue weighted by atomic mass is 35.5. The highest BCUT2D eigenvalue weighted by Gasteiger charge is 2.22. The zero-order valence-electron chi connectivity index (χ0n) is 14.9. The number of nitro groups is 1. The van der Waals surface area contributed by atoms with Crippen molar-refractivity contribution in [2.45, 2.75) is 20.0 Å². The molecule has 28 heavy (non-hydrogen) atoms. The second kappa shape index (κ2) is 8.96. The van der Waals surface area contributed by atoms with Crippen LogP contribution in [-0.2, 0) is 14.3 Å². The van der Waals surface area contributed by atoms with Gasteiger partial charge in [0.1, 0.15) is 0 Å². The van der Waals surface area contributed by atoms with Crippen molar-refractivity contribution in [2.75, 3.05) is 10.6 Å². The fourth-order valence-corrected chi connectivity index (χ4v) is 2.34. The largest absolute Gasteiger partial charge is 0.449 e. The molecule has 1 atom stereocenters. The number of anilines is 2. The lowest BCUT2D eigenvalue weighted by atomic mass is 10.2. The number of ether oxygens (including phenoxy) is 1. The Kier molecular flexibility index (Phi) is 6.67. The molecule has 0 heterocycles. The maximum Gasteiger partial charge on any atom is 0.340 e. The van der Waals surface area contributed by atoms with Gasteiger partial charge in [-0.15, -0.1) is 0 Å². The average Bonchev–Trinajstić information content (AvgIpc) is 2.62. The maximum absolute atomic E-state index is 12.2. The number of carbonyl (C=O) groups excluding carboxylic acids is 3. The van der Waals surface area contributed by atoms with Crippen molar-refractivity contribution >= 4 is 46.4 Å². The predicted octanol–water partition coefficient (Wildman–Crippen LogP) is 3.39. The minimum Gasteiger partial charge on any atom is -0.449 e. The number of halogens is 1. The molecule has 0 aliphatic rings. The van der Waals surface area contributed by atoms with Gasteiger partial charge in [0.15, 0.2) is 6.10 Å². The van der Waals surface area contributed by atoms with E-state index in [1.165, 1.54) is 19.9 Å². The second-order valence-electron chi connectivity index (χ2n) is 5.72. The highest BCUT2D eigenvalue weighted by Crippen LogP contribution is 2.23. The maximum atomic E-state index is 12.2. The predicted molar refractivity (Wildman–Crippen MR) is 102 cm³/mol. The minimum atomic E-state index is -1.18. The van der Waals surface area contributed by atoms with Crippen LogP contribution in [-0.4, -0.2) is 28.8 Å². The Morgan fingerprint density at radius 1 is 1.07 bits per heavy atom. The van der Waals surface area contributed by atoms with Gasteiger partial charge in [-0.1, -0.05) is 11.6 Å². The topological polar surface area (TPSA) is 128 Å². The van der Waals surface area contributed by atoms with E-state index >= 15 is 0 Å². The van der Waals surface area contributed by atoms with Crippen LogP contribution in [0.25, 0.3) is 0 Å². The second-order valence-corrected chi connectivity index (χ2v) is 6.12. The molecule has 9 nitrogen and oxygen atoms in total. The molecule has 0 aliphatic heterocycles. The number of carbonyl (C=O) groups is 3. The Balaban J connectivity index is 2.02. The van der Waals surface area contributed by atoms with Crippen molar-refractivity contribution in [3.05, 3.63) is 63.2 Å². The van der Waals surface area contributed by atoms with Crippen molar-refractivity contribution in [3.8, 4) is 0 Å². The summed E-state index contributed by atoms with van der Waals surface area (Å²) in [4.78, 5) is 45.6. The lowest BCUT2D eigenvalue weighted by molar-refractivity contribution is -0.384. The van der Waals surface area contributed by atoms with Gasteiger partial charge in [0, 0.05) is 30.4 Å². The average molecular weight is 406 g/mol. The molecule has 2 aromatic carbocycles. The fourth-order valence-electron chi connectivity index (χ4n) is 2.14. The van der Waals surface area contributed by atoms with Crippen LogP contribution >= 0.6 is 11.6 Å². The van der Waals surface area contributed by atoms with Gasteiger partial charge in [-0.05, 0) is 37.3 Å². The van der Waals surface area contributed by atoms with Crippen LogP contribution < -0.4 is 10.6 Å². The first-order valence-electron chi connectivity index (χ1n) is 8.01. The monoisotopic (exact) mass is 405 g/mol. The summed E-state index contributed by atoms with van der Waals surface area (Å²) in [6, 6.07) is 9.66. The normalized spacial score (nSPS) is 11.2. The first-order valence-corrected chi connectivity index (χ1v) is 8.38. The van der Waals surface area contributed by atoms with Crippen LogP contribution in [0.15, 0.2) is 42.5 Å². The highest BCUT2D eigenvalue weighted by molar-refractivity contribution is 6.33. The molecule has 2 N–H and O–H groups in total. The fraction of sp³-hybridized carbons (Fsp3) is 0.167. The quantitative estimate of drug-likeness (QED) is 0.430.